The number of carbonyl (C=O) groups is 2. The molecule has 0 aromatic rings. The summed E-state index contributed by atoms with van der Waals surface area (Å²) in [5.74, 6) is -2.52. The van der Waals surface area contributed by atoms with E-state index in [1.165, 1.54) is 13.2 Å². The van der Waals surface area contributed by atoms with Gasteiger partial charge >= 0.3 is 5.97 Å². The predicted molar refractivity (Wildman–Crippen MR) is 164 cm³/mol. The van der Waals surface area contributed by atoms with Crippen LogP contribution in [0.2, 0.25) is 0 Å². The van der Waals surface area contributed by atoms with Crippen molar-refractivity contribution in [2.75, 3.05) is 7.11 Å². The largest absolute Gasteiger partial charge is 0.456 e. The molecule has 0 spiro atoms. The predicted octanol–water partition coefficient (Wildman–Crippen LogP) is 5.51. The van der Waals surface area contributed by atoms with Crippen molar-refractivity contribution in [3.8, 4) is 0 Å². The van der Waals surface area contributed by atoms with Crippen LogP contribution < -0.4 is 0 Å². The number of allylic oxidation sites excluding steroid dienone is 6. The zero-order valence-corrected chi connectivity index (χ0v) is 26.7. The number of ether oxygens (including phenoxy) is 2. The van der Waals surface area contributed by atoms with Crippen molar-refractivity contribution in [3.05, 3.63) is 59.3 Å². The van der Waals surface area contributed by atoms with Crippen molar-refractivity contribution in [2.24, 2.45) is 29.6 Å². The number of ketones is 1. The second-order valence-corrected chi connectivity index (χ2v) is 12.0. The van der Waals surface area contributed by atoms with Crippen LogP contribution in [0.25, 0.3) is 0 Å². The van der Waals surface area contributed by atoms with E-state index in [1.54, 1.807) is 39.0 Å². The minimum atomic E-state index is -1.13. The van der Waals surface area contributed by atoms with Crippen LogP contribution in [0.4, 0.5) is 0 Å². The molecule has 0 bridgehead atoms. The van der Waals surface area contributed by atoms with Crippen LogP contribution in [0.3, 0.4) is 0 Å². The molecule has 3 unspecified atom stereocenters. The summed E-state index contributed by atoms with van der Waals surface area (Å²) in [4.78, 5) is 26.2. The molecule has 10 atom stereocenters. The van der Waals surface area contributed by atoms with Gasteiger partial charge in [0.15, 0.2) is 5.78 Å². The summed E-state index contributed by atoms with van der Waals surface area (Å²) in [6, 6.07) is 0. The number of esters is 1. The molecule has 1 rings (SSSR count). The van der Waals surface area contributed by atoms with Gasteiger partial charge in [-0.3, -0.25) is 4.79 Å². The Morgan fingerprint density at radius 1 is 1.17 bits per heavy atom. The molecule has 0 aromatic carbocycles. The van der Waals surface area contributed by atoms with E-state index in [4.69, 9.17) is 9.47 Å². The molecule has 0 amide bonds. The number of hydrogen-bond donors (Lipinski definition) is 3. The van der Waals surface area contributed by atoms with E-state index in [9.17, 15) is 24.9 Å². The van der Waals surface area contributed by atoms with Crippen LogP contribution in [0.15, 0.2) is 59.3 Å². The highest BCUT2D eigenvalue weighted by molar-refractivity contribution is 5.92. The lowest BCUT2D eigenvalue weighted by Crippen LogP contribution is -2.45. The Morgan fingerprint density at radius 3 is 2.39 bits per heavy atom. The smallest absolute Gasteiger partial charge is 0.334 e. The first-order valence-electron chi connectivity index (χ1n) is 14.8. The molecule has 7 heteroatoms. The van der Waals surface area contributed by atoms with E-state index >= 15 is 0 Å². The summed E-state index contributed by atoms with van der Waals surface area (Å²) in [7, 11) is 1.51. The highest BCUT2D eigenvalue weighted by Gasteiger charge is 2.37. The Morgan fingerprint density at radius 2 is 1.80 bits per heavy atom. The topological polar surface area (TPSA) is 113 Å². The summed E-state index contributed by atoms with van der Waals surface area (Å²) >= 11 is 0. The van der Waals surface area contributed by atoms with Crippen molar-refractivity contribution >= 4 is 11.8 Å². The molecule has 1 heterocycles. The third-order valence-corrected chi connectivity index (χ3v) is 8.19. The van der Waals surface area contributed by atoms with Crippen molar-refractivity contribution in [3.63, 3.8) is 0 Å². The first kappa shape index (κ1) is 36.7. The van der Waals surface area contributed by atoms with Gasteiger partial charge in [-0.2, -0.15) is 0 Å². The van der Waals surface area contributed by atoms with Crippen molar-refractivity contribution in [2.45, 2.75) is 106 Å². The van der Waals surface area contributed by atoms with E-state index in [0.717, 1.165) is 11.1 Å². The van der Waals surface area contributed by atoms with Crippen LogP contribution in [0, 0.1) is 29.6 Å². The maximum absolute atomic E-state index is 13.2. The highest BCUT2D eigenvalue weighted by Crippen LogP contribution is 2.27. The monoisotopic (exact) mass is 574 g/mol. The normalized spacial score (nSPS) is 29.0. The first-order chi connectivity index (χ1) is 19.1. The van der Waals surface area contributed by atoms with E-state index in [0.29, 0.717) is 18.4 Å². The quantitative estimate of drug-likeness (QED) is 0.246. The molecule has 1 aliphatic heterocycles. The summed E-state index contributed by atoms with van der Waals surface area (Å²) in [5, 5.41) is 32.1. The van der Waals surface area contributed by atoms with Crippen LogP contribution in [-0.2, 0) is 19.1 Å². The Kier molecular flexibility index (Phi) is 15.8. The van der Waals surface area contributed by atoms with Gasteiger partial charge in [-0.1, -0.05) is 83.1 Å². The standard InChI is InChI=1S/C34H54O7/c1-11-28(35)22(4)15-16-29(36)26(8)32(38)27(9)33-30(40-10)14-12-13-20(2)17-23(5)31(37)24(6)18-21(3)19-25(7)34(39)41-33/h12-16,18-19,22-24,26-28,30-33,35,37-38H,11,17H2,1-10H3/t22-,23-,24-,26+,27+,28?,30+,31-,32?,33?/m0/s1. The van der Waals surface area contributed by atoms with Crippen LogP contribution in [0.1, 0.15) is 75.2 Å². The molecule has 232 valence electrons. The summed E-state index contributed by atoms with van der Waals surface area (Å²) in [6.07, 6.45) is 9.82. The number of aliphatic hydroxyl groups is 3. The lowest BCUT2D eigenvalue weighted by molar-refractivity contribution is -0.158. The van der Waals surface area contributed by atoms with Crippen molar-refractivity contribution in [1.29, 1.82) is 0 Å². The molecule has 0 fully saturated rings. The van der Waals surface area contributed by atoms with Gasteiger partial charge < -0.3 is 24.8 Å². The summed E-state index contributed by atoms with van der Waals surface area (Å²) in [6.45, 7) is 16.6. The van der Waals surface area contributed by atoms with Gasteiger partial charge in [-0.05, 0) is 51.7 Å². The highest BCUT2D eigenvalue weighted by atomic mass is 16.6. The molecule has 0 saturated heterocycles. The first-order valence-corrected chi connectivity index (χ1v) is 14.8. The Labute approximate surface area is 247 Å². The van der Waals surface area contributed by atoms with E-state index in [-0.39, 0.29) is 23.5 Å². The third-order valence-electron chi connectivity index (χ3n) is 8.19. The summed E-state index contributed by atoms with van der Waals surface area (Å²) < 4.78 is 11.7. The lowest BCUT2D eigenvalue weighted by Gasteiger charge is -2.33. The van der Waals surface area contributed by atoms with Crippen molar-refractivity contribution < 1.29 is 34.4 Å². The molecule has 41 heavy (non-hydrogen) atoms. The third kappa shape index (κ3) is 11.5. The second kappa shape index (κ2) is 17.6. The zero-order valence-electron chi connectivity index (χ0n) is 26.7. The van der Waals surface area contributed by atoms with E-state index in [1.807, 2.05) is 59.8 Å². The van der Waals surface area contributed by atoms with Gasteiger partial charge in [0.2, 0.25) is 0 Å². The average Bonchev–Trinajstić information content (AvgIpc) is 2.93. The molecule has 0 saturated carbocycles. The Bertz CT molecular complexity index is 1000. The number of hydrogen-bond acceptors (Lipinski definition) is 7. The SMILES string of the molecule is CCC(O)[C@@H](C)C=CC(=O)[C@@H](C)C(O)[C@@H](C)C1OC(=O)C(C)=CC(C)=C[C@H](C)[C@@H](O)[C@@H](C)CC(C)=CC=C[C@H]1OC. The van der Waals surface area contributed by atoms with Crippen LogP contribution in [0.5, 0.6) is 0 Å². The molecule has 0 aliphatic carbocycles. The lowest BCUT2D eigenvalue weighted by atomic mass is 9.84. The van der Waals surface area contributed by atoms with Crippen LogP contribution in [-0.4, -0.2) is 64.7 Å². The van der Waals surface area contributed by atoms with Gasteiger partial charge in [-0.15, -0.1) is 0 Å². The number of cyclic esters (lactones) is 1. The van der Waals surface area contributed by atoms with Crippen molar-refractivity contribution in [1.82, 2.24) is 0 Å². The fourth-order valence-corrected chi connectivity index (χ4v) is 5.23. The maximum atomic E-state index is 13.2. The van der Waals surface area contributed by atoms with E-state index < -0.39 is 48.3 Å². The maximum Gasteiger partial charge on any atom is 0.334 e. The fourth-order valence-electron chi connectivity index (χ4n) is 5.23. The Balaban J connectivity index is 3.41. The molecule has 1 aliphatic rings. The summed E-state index contributed by atoms with van der Waals surface area (Å²) in [5.41, 5.74) is 2.28. The van der Waals surface area contributed by atoms with Gasteiger partial charge in [0.1, 0.15) is 12.2 Å². The van der Waals surface area contributed by atoms with Crippen LogP contribution >= 0.6 is 0 Å². The molecule has 0 radical (unpaired) electrons. The molecule has 7 nitrogen and oxygen atoms in total. The molecular weight excluding hydrogens is 520 g/mol. The second-order valence-electron chi connectivity index (χ2n) is 12.0. The van der Waals surface area contributed by atoms with Gasteiger partial charge in [-0.25, -0.2) is 4.79 Å². The number of rotatable bonds is 9. The zero-order chi connectivity index (χ0) is 31.4. The Hall–Kier alpha value is -2.32. The fraction of sp³-hybridized carbons (Fsp3) is 0.647. The number of carbonyl (C=O) groups excluding carboxylic acids is 2. The molecule has 3 N–H and O–H groups in total. The van der Waals surface area contributed by atoms with Gasteiger partial charge in [0.05, 0.1) is 18.3 Å². The average molecular weight is 575 g/mol. The number of methoxy groups -OCH3 is 1. The number of aliphatic hydroxyl groups excluding tert-OH is 3. The van der Waals surface area contributed by atoms with Gasteiger partial charge in [0, 0.05) is 36.4 Å². The van der Waals surface area contributed by atoms with E-state index in [2.05, 4.69) is 0 Å². The molecular formula is C34H54O7. The minimum absolute atomic E-state index is 0.0316. The molecule has 0 aromatic heterocycles. The van der Waals surface area contributed by atoms with Gasteiger partial charge in [0.25, 0.3) is 0 Å². The minimum Gasteiger partial charge on any atom is -0.456 e.